The topological polar surface area (TPSA) is 37.3 Å². The monoisotopic (exact) mass is 220 g/mol. The first kappa shape index (κ1) is 12.8. The molecule has 0 amide bonds. The summed E-state index contributed by atoms with van der Waals surface area (Å²) in [6.45, 7) is 8.04. The van der Waals surface area contributed by atoms with E-state index in [2.05, 4.69) is 6.07 Å². The maximum Gasteiger partial charge on any atom is 0.311 e. The Morgan fingerprint density at radius 1 is 1.25 bits per heavy atom. The zero-order valence-corrected chi connectivity index (χ0v) is 10.4. The molecular formula is C14H20O2. The van der Waals surface area contributed by atoms with Crippen molar-refractivity contribution in [1.29, 1.82) is 0 Å². The molecule has 0 saturated carbocycles. The van der Waals surface area contributed by atoms with Gasteiger partial charge in [-0.25, -0.2) is 0 Å². The van der Waals surface area contributed by atoms with Crippen LogP contribution in [0.25, 0.3) is 0 Å². The number of hydrogen-bond acceptors (Lipinski definition) is 1. The third-order valence-electron chi connectivity index (χ3n) is 3.08. The van der Waals surface area contributed by atoms with Crippen LogP contribution in [0.4, 0.5) is 0 Å². The number of aryl methyl sites for hydroxylation is 2. The second kappa shape index (κ2) is 5.15. The number of rotatable bonds is 4. The van der Waals surface area contributed by atoms with E-state index in [1.807, 2.05) is 39.8 Å². The molecule has 2 unspecified atom stereocenters. The summed E-state index contributed by atoms with van der Waals surface area (Å²) in [5, 5.41) is 9.31. The number of hydrogen-bond donors (Lipinski definition) is 1. The molecule has 16 heavy (non-hydrogen) atoms. The molecule has 1 aromatic carbocycles. The lowest BCUT2D eigenvalue weighted by atomic mass is 9.84. The molecule has 1 aromatic rings. The van der Waals surface area contributed by atoms with Crippen LogP contribution in [0.1, 0.15) is 42.9 Å². The first-order valence-corrected chi connectivity index (χ1v) is 5.76. The van der Waals surface area contributed by atoms with Crippen LogP contribution in [0.3, 0.4) is 0 Å². The summed E-state index contributed by atoms with van der Waals surface area (Å²) < 4.78 is 0. The molecule has 0 fully saturated rings. The van der Waals surface area contributed by atoms with Gasteiger partial charge >= 0.3 is 5.97 Å². The highest BCUT2D eigenvalue weighted by Gasteiger charge is 2.25. The van der Waals surface area contributed by atoms with Crippen molar-refractivity contribution in [3.63, 3.8) is 0 Å². The molecule has 88 valence electrons. The van der Waals surface area contributed by atoms with Gasteiger partial charge in [-0.3, -0.25) is 4.79 Å². The van der Waals surface area contributed by atoms with Crippen molar-refractivity contribution in [2.75, 3.05) is 0 Å². The van der Waals surface area contributed by atoms with E-state index in [1.54, 1.807) is 0 Å². The van der Waals surface area contributed by atoms with Gasteiger partial charge in [0, 0.05) is 0 Å². The third kappa shape index (κ3) is 2.84. The van der Waals surface area contributed by atoms with E-state index < -0.39 is 5.97 Å². The van der Waals surface area contributed by atoms with Gasteiger partial charge in [-0.05, 0) is 25.3 Å². The number of carbonyl (C=O) groups is 1. The molecule has 0 saturated heterocycles. The second-order valence-corrected chi connectivity index (χ2v) is 4.62. The number of aliphatic carboxylic acids is 1. The summed E-state index contributed by atoms with van der Waals surface area (Å²) in [6.07, 6.45) is 0.879. The predicted molar refractivity (Wildman–Crippen MR) is 65.7 cm³/mol. The van der Waals surface area contributed by atoms with Crippen LogP contribution >= 0.6 is 0 Å². The largest absolute Gasteiger partial charge is 0.481 e. The van der Waals surface area contributed by atoms with Gasteiger partial charge < -0.3 is 5.11 Å². The highest BCUT2D eigenvalue weighted by Crippen LogP contribution is 2.28. The van der Waals surface area contributed by atoms with Gasteiger partial charge in [0.1, 0.15) is 0 Å². The molecule has 2 heteroatoms. The van der Waals surface area contributed by atoms with Crippen molar-refractivity contribution in [3.05, 3.63) is 34.9 Å². The van der Waals surface area contributed by atoms with Crippen molar-refractivity contribution in [2.24, 2.45) is 5.92 Å². The summed E-state index contributed by atoms with van der Waals surface area (Å²) in [5.41, 5.74) is 3.19. The van der Waals surface area contributed by atoms with Crippen LogP contribution in [0, 0.1) is 19.8 Å². The first-order chi connectivity index (χ1) is 7.45. The van der Waals surface area contributed by atoms with Gasteiger partial charge in [-0.1, -0.05) is 49.6 Å². The van der Waals surface area contributed by atoms with Crippen LogP contribution in [-0.2, 0) is 4.79 Å². The second-order valence-electron chi connectivity index (χ2n) is 4.62. The Labute approximate surface area is 97.3 Å². The Bertz CT molecular complexity index is 362. The molecule has 0 heterocycles. The van der Waals surface area contributed by atoms with Crippen molar-refractivity contribution < 1.29 is 9.90 Å². The molecule has 2 atom stereocenters. The average molecular weight is 220 g/mol. The normalized spacial score (nSPS) is 14.5. The molecular weight excluding hydrogens is 200 g/mol. The summed E-state index contributed by atoms with van der Waals surface area (Å²) in [7, 11) is 0. The Kier molecular flexibility index (Phi) is 4.11. The Morgan fingerprint density at radius 2 is 1.75 bits per heavy atom. The first-order valence-electron chi connectivity index (χ1n) is 5.76. The molecule has 0 spiro atoms. The molecule has 1 N–H and O–H groups in total. The van der Waals surface area contributed by atoms with Crippen LogP contribution in [-0.4, -0.2) is 11.1 Å². The van der Waals surface area contributed by atoms with Gasteiger partial charge in [0.15, 0.2) is 0 Å². The van der Waals surface area contributed by atoms with Crippen LogP contribution in [0.2, 0.25) is 0 Å². The van der Waals surface area contributed by atoms with E-state index in [4.69, 9.17) is 0 Å². The van der Waals surface area contributed by atoms with E-state index in [1.165, 1.54) is 0 Å². The fourth-order valence-electron chi connectivity index (χ4n) is 2.14. The standard InChI is InChI=1S/C14H20O2/c1-5-11(4)13(14(15)16)12-7-9(2)6-10(3)8-12/h6-8,11,13H,5H2,1-4H3,(H,15,16). The Morgan fingerprint density at radius 3 is 2.12 bits per heavy atom. The van der Waals surface area contributed by atoms with E-state index in [9.17, 15) is 9.90 Å². The number of carboxylic acids is 1. The van der Waals surface area contributed by atoms with E-state index in [0.717, 1.165) is 23.1 Å². The van der Waals surface area contributed by atoms with Crippen LogP contribution in [0.5, 0.6) is 0 Å². The number of benzene rings is 1. The summed E-state index contributed by atoms with van der Waals surface area (Å²) in [6, 6.07) is 6.04. The van der Waals surface area contributed by atoms with Gasteiger partial charge in [0.05, 0.1) is 5.92 Å². The molecule has 0 aliphatic rings. The van der Waals surface area contributed by atoms with Crippen molar-refractivity contribution >= 4 is 5.97 Å². The predicted octanol–water partition coefficient (Wildman–Crippen LogP) is 3.52. The number of carboxylic acid groups (broad SMARTS) is 1. The highest BCUT2D eigenvalue weighted by molar-refractivity contribution is 5.76. The Hall–Kier alpha value is -1.31. The van der Waals surface area contributed by atoms with Crippen molar-refractivity contribution in [2.45, 2.75) is 40.0 Å². The molecule has 0 radical (unpaired) electrons. The summed E-state index contributed by atoms with van der Waals surface area (Å²) >= 11 is 0. The SMILES string of the molecule is CCC(C)C(C(=O)O)c1cc(C)cc(C)c1. The zero-order chi connectivity index (χ0) is 12.3. The van der Waals surface area contributed by atoms with E-state index >= 15 is 0 Å². The van der Waals surface area contributed by atoms with Gasteiger partial charge in [-0.2, -0.15) is 0 Å². The van der Waals surface area contributed by atoms with E-state index in [-0.39, 0.29) is 11.8 Å². The fourth-order valence-corrected chi connectivity index (χ4v) is 2.14. The average Bonchev–Trinajstić information content (AvgIpc) is 2.15. The molecule has 1 rings (SSSR count). The third-order valence-corrected chi connectivity index (χ3v) is 3.08. The highest BCUT2D eigenvalue weighted by atomic mass is 16.4. The van der Waals surface area contributed by atoms with Crippen LogP contribution < -0.4 is 0 Å². The maximum absolute atomic E-state index is 11.3. The zero-order valence-electron chi connectivity index (χ0n) is 10.4. The molecule has 0 aliphatic carbocycles. The summed E-state index contributed by atoms with van der Waals surface area (Å²) in [4.78, 5) is 11.3. The lowest BCUT2D eigenvalue weighted by Gasteiger charge is -2.20. The van der Waals surface area contributed by atoms with Gasteiger partial charge in [0.2, 0.25) is 0 Å². The lowest BCUT2D eigenvalue weighted by molar-refractivity contribution is -0.140. The molecule has 0 bridgehead atoms. The van der Waals surface area contributed by atoms with Crippen LogP contribution in [0.15, 0.2) is 18.2 Å². The Balaban J connectivity index is 3.15. The fraction of sp³-hybridized carbons (Fsp3) is 0.500. The van der Waals surface area contributed by atoms with Gasteiger partial charge in [0.25, 0.3) is 0 Å². The van der Waals surface area contributed by atoms with Crippen molar-refractivity contribution in [3.8, 4) is 0 Å². The van der Waals surface area contributed by atoms with E-state index in [0.29, 0.717) is 0 Å². The van der Waals surface area contributed by atoms with Gasteiger partial charge in [-0.15, -0.1) is 0 Å². The molecule has 0 aliphatic heterocycles. The summed E-state index contributed by atoms with van der Waals surface area (Å²) in [5.74, 6) is -0.943. The minimum Gasteiger partial charge on any atom is -0.481 e. The molecule has 0 aromatic heterocycles. The smallest absolute Gasteiger partial charge is 0.311 e. The minimum absolute atomic E-state index is 0.165. The maximum atomic E-state index is 11.3. The quantitative estimate of drug-likeness (QED) is 0.843. The minimum atomic E-state index is -0.723. The lowest BCUT2D eigenvalue weighted by Crippen LogP contribution is -2.19. The molecule has 2 nitrogen and oxygen atoms in total. The van der Waals surface area contributed by atoms with Crippen molar-refractivity contribution in [1.82, 2.24) is 0 Å².